The van der Waals surface area contributed by atoms with Gasteiger partial charge in [0.05, 0.1) is 30.3 Å². The number of anilines is 3. The van der Waals surface area contributed by atoms with Crippen molar-refractivity contribution in [3.8, 4) is 0 Å². The van der Waals surface area contributed by atoms with Gasteiger partial charge < -0.3 is 14.4 Å². The fraction of sp³-hybridized carbons (Fsp3) is 0.385. The van der Waals surface area contributed by atoms with Crippen molar-refractivity contribution < 1.29 is 23.5 Å². The van der Waals surface area contributed by atoms with Gasteiger partial charge in [0, 0.05) is 28.4 Å². The van der Waals surface area contributed by atoms with Crippen LogP contribution in [0.25, 0.3) is 0 Å². The Morgan fingerprint density at radius 2 is 0.956 bits per heavy atom. The third kappa shape index (κ3) is 4.72. The van der Waals surface area contributed by atoms with Gasteiger partial charge in [-0.3, -0.25) is 0 Å². The number of carbonyl (C=O) groups is 2. The molecule has 234 valence electrons. The third-order valence-corrected chi connectivity index (χ3v) is 10.2. The summed E-state index contributed by atoms with van der Waals surface area (Å²) in [5, 5.41) is 0. The smallest absolute Gasteiger partial charge is 0.330 e. The second kappa shape index (κ2) is 10.7. The number of carbonyl (C=O) groups excluding carboxylic acids is 2. The first-order valence-electron chi connectivity index (χ1n) is 15.8. The second-order valence-electron chi connectivity index (χ2n) is 14.1. The SMILES string of the molecule is C=CC(=O)OCCCc1cc2c3c(c1)C(C)(C)c1cc(CCCOC(=O)C=C)cc4c1N3c1c(cc(F)cc1C4(C)C)C2(C)C. The summed E-state index contributed by atoms with van der Waals surface area (Å²) in [6, 6.07) is 12.6. The standard InChI is InChI=1S/C39H42FNO4/c1-9-32(42)44-15-11-13-23-17-26-34-28(19-23)38(5,6)30-21-25(40)22-31-36(30)41(34)35-27(37(26,3)4)18-24(20-29(35)39(31,7)8)14-12-16-45-33(43)10-2/h9-10,17-22H,1-2,11-16H2,3-8H3. The van der Waals surface area contributed by atoms with Crippen LogP contribution in [-0.4, -0.2) is 25.2 Å². The number of hydrogen-bond acceptors (Lipinski definition) is 5. The Labute approximate surface area is 265 Å². The van der Waals surface area contributed by atoms with Crippen LogP contribution in [0.4, 0.5) is 21.5 Å². The summed E-state index contributed by atoms with van der Waals surface area (Å²) >= 11 is 0. The summed E-state index contributed by atoms with van der Waals surface area (Å²) < 4.78 is 26.1. The van der Waals surface area contributed by atoms with Crippen LogP contribution in [-0.2, 0) is 48.1 Å². The number of rotatable bonds is 10. The van der Waals surface area contributed by atoms with Crippen molar-refractivity contribution in [3.05, 3.63) is 112 Å². The van der Waals surface area contributed by atoms with E-state index >= 15 is 4.39 Å². The maximum Gasteiger partial charge on any atom is 0.330 e. The summed E-state index contributed by atoms with van der Waals surface area (Å²) in [6.45, 7) is 21.0. The molecule has 0 aliphatic carbocycles. The zero-order chi connectivity index (χ0) is 32.5. The van der Waals surface area contributed by atoms with Gasteiger partial charge in [0.2, 0.25) is 0 Å². The van der Waals surface area contributed by atoms with Gasteiger partial charge in [0.25, 0.3) is 0 Å². The van der Waals surface area contributed by atoms with Crippen LogP contribution in [0.3, 0.4) is 0 Å². The number of benzene rings is 3. The van der Waals surface area contributed by atoms with Crippen LogP contribution in [0.15, 0.2) is 61.7 Å². The van der Waals surface area contributed by atoms with Crippen LogP contribution in [0, 0.1) is 5.82 Å². The van der Waals surface area contributed by atoms with E-state index in [0.29, 0.717) is 26.1 Å². The van der Waals surface area contributed by atoms with Crippen molar-refractivity contribution in [2.45, 2.75) is 83.5 Å². The maximum absolute atomic E-state index is 15.6. The fourth-order valence-corrected chi connectivity index (χ4v) is 7.64. The van der Waals surface area contributed by atoms with Crippen molar-refractivity contribution in [2.75, 3.05) is 18.1 Å². The van der Waals surface area contributed by atoms with E-state index in [1.807, 2.05) is 0 Å². The van der Waals surface area contributed by atoms with E-state index < -0.39 is 22.8 Å². The minimum atomic E-state index is -0.442. The maximum atomic E-state index is 15.6. The first-order valence-corrected chi connectivity index (χ1v) is 15.8. The number of ether oxygens (including phenoxy) is 2. The van der Waals surface area contributed by atoms with E-state index in [2.05, 4.69) is 83.9 Å². The van der Waals surface area contributed by atoms with Crippen LogP contribution < -0.4 is 4.90 Å². The molecule has 3 aromatic rings. The molecule has 5 nitrogen and oxygen atoms in total. The molecule has 45 heavy (non-hydrogen) atoms. The number of halogens is 1. The molecule has 0 spiro atoms. The lowest BCUT2D eigenvalue weighted by molar-refractivity contribution is -0.138. The monoisotopic (exact) mass is 607 g/mol. The van der Waals surface area contributed by atoms with Gasteiger partial charge in [-0.2, -0.15) is 0 Å². The largest absolute Gasteiger partial charge is 0.463 e. The van der Waals surface area contributed by atoms with Crippen molar-refractivity contribution in [2.24, 2.45) is 0 Å². The van der Waals surface area contributed by atoms with Crippen LogP contribution in [0.2, 0.25) is 0 Å². The summed E-state index contributed by atoms with van der Waals surface area (Å²) in [4.78, 5) is 25.7. The topological polar surface area (TPSA) is 55.8 Å². The molecule has 0 saturated carbocycles. The van der Waals surface area contributed by atoms with Gasteiger partial charge in [0.1, 0.15) is 5.82 Å². The van der Waals surface area contributed by atoms with Crippen LogP contribution in [0.5, 0.6) is 0 Å². The highest BCUT2D eigenvalue weighted by Gasteiger charge is 2.52. The quantitative estimate of drug-likeness (QED) is 0.131. The van der Waals surface area contributed by atoms with Crippen molar-refractivity contribution in [1.82, 2.24) is 0 Å². The molecule has 3 heterocycles. The molecule has 0 N–H and O–H groups in total. The molecular formula is C39H42FNO4. The second-order valence-corrected chi connectivity index (χ2v) is 14.1. The minimum Gasteiger partial charge on any atom is -0.463 e. The van der Waals surface area contributed by atoms with Crippen molar-refractivity contribution in [3.63, 3.8) is 0 Å². The Bertz CT molecular complexity index is 1660. The first-order chi connectivity index (χ1) is 21.2. The minimum absolute atomic E-state index is 0.227. The van der Waals surface area contributed by atoms with Gasteiger partial charge >= 0.3 is 11.9 Å². The molecule has 3 aliphatic heterocycles. The van der Waals surface area contributed by atoms with Gasteiger partial charge in [-0.25, -0.2) is 14.0 Å². The van der Waals surface area contributed by atoms with Crippen LogP contribution in [0.1, 0.15) is 98.9 Å². The molecule has 6 heteroatoms. The molecule has 3 aliphatic rings. The van der Waals surface area contributed by atoms with E-state index in [9.17, 15) is 9.59 Å². The predicted octanol–water partition coefficient (Wildman–Crippen LogP) is 8.54. The Balaban J connectivity index is 1.54. The summed E-state index contributed by atoms with van der Waals surface area (Å²) in [5.74, 6) is -1.06. The molecule has 6 rings (SSSR count). The third-order valence-electron chi connectivity index (χ3n) is 10.2. The van der Waals surface area contributed by atoms with Gasteiger partial charge in [0.15, 0.2) is 0 Å². The van der Waals surface area contributed by atoms with E-state index in [4.69, 9.17) is 9.47 Å². The molecule has 3 aromatic carbocycles. The van der Waals surface area contributed by atoms with Gasteiger partial charge in [-0.1, -0.05) is 79.0 Å². The first kappa shape index (κ1) is 30.8. The molecule has 0 radical (unpaired) electrons. The molecule has 0 unspecified atom stereocenters. The van der Waals surface area contributed by atoms with E-state index in [0.717, 1.165) is 29.7 Å². The number of aryl methyl sites for hydroxylation is 2. The fourth-order valence-electron chi connectivity index (χ4n) is 7.64. The van der Waals surface area contributed by atoms with E-state index in [-0.39, 0.29) is 11.2 Å². The molecule has 0 aromatic heterocycles. The molecule has 0 amide bonds. The van der Waals surface area contributed by atoms with E-state index in [1.165, 1.54) is 56.9 Å². The Hall–Kier alpha value is -4.19. The zero-order valence-corrected chi connectivity index (χ0v) is 27.2. The zero-order valence-electron chi connectivity index (χ0n) is 27.2. The van der Waals surface area contributed by atoms with Crippen LogP contribution >= 0.6 is 0 Å². The normalized spacial score (nSPS) is 16.8. The molecule has 0 bridgehead atoms. The molecule has 0 fully saturated rings. The summed E-state index contributed by atoms with van der Waals surface area (Å²) in [5.41, 5.74) is 11.4. The average molecular weight is 608 g/mol. The summed E-state index contributed by atoms with van der Waals surface area (Å²) in [7, 11) is 0. The highest BCUT2D eigenvalue weighted by molar-refractivity contribution is 5.98. The Morgan fingerprint density at radius 1 is 0.644 bits per heavy atom. The molecular weight excluding hydrogens is 565 g/mol. The average Bonchev–Trinajstić information content (AvgIpc) is 3.00. The highest BCUT2D eigenvalue weighted by atomic mass is 19.1. The molecule has 0 atom stereocenters. The number of hydrogen-bond donors (Lipinski definition) is 0. The molecule has 0 saturated heterocycles. The highest BCUT2D eigenvalue weighted by Crippen LogP contribution is 2.66. The Morgan fingerprint density at radius 3 is 1.27 bits per heavy atom. The lowest BCUT2D eigenvalue weighted by Gasteiger charge is -2.55. The van der Waals surface area contributed by atoms with Gasteiger partial charge in [-0.15, -0.1) is 0 Å². The van der Waals surface area contributed by atoms with Crippen molar-refractivity contribution in [1.29, 1.82) is 0 Å². The van der Waals surface area contributed by atoms with E-state index in [1.54, 1.807) is 12.1 Å². The number of nitrogens with zero attached hydrogens (tertiary/aromatic N) is 1. The van der Waals surface area contributed by atoms with Gasteiger partial charge in [-0.05, 0) is 82.3 Å². The lowest BCUT2D eigenvalue weighted by Crippen LogP contribution is -2.44. The summed E-state index contributed by atoms with van der Waals surface area (Å²) in [6.07, 6.45) is 5.24. The number of esters is 2. The predicted molar refractivity (Wildman–Crippen MR) is 176 cm³/mol. The van der Waals surface area contributed by atoms with Crippen molar-refractivity contribution >= 4 is 29.0 Å². The lowest BCUT2D eigenvalue weighted by atomic mass is 9.60. The Kier molecular flexibility index (Phi) is 7.34.